The molecule has 0 fully saturated rings. The Hall–Kier alpha value is -2.34. The molecule has 0 aliphatic rings. The first-order valence-corrected chi connectivity index (χ1v) is 8.40. The number of hydrogen-bond donors (Lipinski definition) is 2. The van der Waals surface area contributed by atoms with Gasteiger partial charge in [-0.25, -0.2) is 4.39 Å². The zero-order valence-corrected chi connectivity index (χ0v) is 14.3. The average molecular weight is 346 g/mol. The van der Waals surface area contributed by atoms with Gasteiger partial charge in [-0.2, -0.15) is 0 Å². The number of benzene rings is 2. The van der Waals surface area contributed by atoms with Gasteiger partial charge < -0.3 is 10.6 Å². The summed E-state index contributed by atoms with van der Waals surface area (Å²) in [6.07, 6.45) is 0. The average Bonchev–Trinajstić information content (AvgIpc) is 2.55. The van der Waals surface area contributed by atoms with E-state index in [1.54, 1.807) is 11.8 Å². The topological polar surface area (TPSA) is 58.2 Å². The SMILES string of the molecule is CC(=O)Nc1ccc(F)c(C(=O)NC[C@H](C)Sc2ccccc2)c1. The maximum Gasteiger partial charge on any atom is 0.254 e. The van der Waals surface area contributed by atoms with Gasteiger partial charge in [-0.3, -0.25) is 9.59 Å². The first-order chi connectivity index (χ1) is 11.5. The lowest BCUT2D eigenvalue weighted by Gasteiger charge is -2.13. The summed E-state index contributed by atoms with van der Waals surface area (Å²) < 4.78 is 13.9. The standard InChI is InChI=1S/C18H19FN2O2S/c1-12(24-15-6-4-3-5-7-15)11-20-18(23)16-10-14(21-13(2)22)8-9-17(16)19/h3-10,12H,11H2,1-2H3,(H,20,23)(H,21,22)/t12-/m0/s1. The Kier molecular flexibility index (Phi) is 6.37. The molecule has 0 saturated carbocycles. The molecule has 0 aliphatic carbocycles. The highest BCUT2D eigenvalue weighted by atomic mass is 32.2. The summed E-state index contributed by atoms with van der Waals surface area (Å²) in [7, 11) is 0. The van der Waals surface area contributed by atoms with Crippen LogP contribution in [-0.4, -0.2) is 23.6 Å². The van der Waals surface area contributed by atoms with Crippen molar-refractivity contribution < 1.29 is 14.0 Å². The molecule has 0 radical (unpaired) electrons. The molecule has 6 heteroatoms. The van der Waals surface area contributed by atoms with Crippen LogP contribution in [0.5, 0.6) is 0 Å². The first-order valence-electron chi connectivity index (χ1n) is 7.52. The Morgan fingerprint density at radius 1 is 1.17 bits per heavy atom. The van der Waals surface area contributed by atoms with E-state index >= 15 is 0 Å². The van der Waals surface area contributed by atoms with Crippen molar-refractivity contribution in [2.45, 2.75) is 24.0 Å². The number of amides is 2. The third-order valence-corrected chi connectivity index (χ3v) is 4.28. The number of rotatable bonds is 6. The smallest absolute Gasteiger partial charge is 0.254 e. The third kappa shape index (κ3) is 5.38. The molecule has 0 bridgehead atoms. The van der Waals surface area contributed by atoms with Crippen LogP contribution in [0.15, 0.2) is 53.4 Å². The van der Waals surface area contributed by atoms with Gasteiger partial charge in [-0.05, 0) is 30.3 Å². The van der Waals surface area contributed by atoms with Crippen molar-refractivity contribution in [3.63, 3.8) is 0 Å². The molecule has 126 valence electrons. The second kappa shape index (κ2) is 8.49. The molecule has 2 rings (SSSR count). The zero-order valence-electron chi connectivity index (χ0n) is 13.5. The van der Waals surface area contributed by atoms with Crippen LogP contribution in [-0.2, 0) is 4.79 Å². The van der Waals surface area contributed by atoms with Crippen LogP contribution in [0.3, 0.4) is 0 Å². The van der Waals surface area contributed by atoms with Crippen molar-refractivity contribution >= 4 is 29.3 Å². The van der Waals surface area contributed by atoms with Crippen LogP contribution in [0.25, 0.3) is 0 Å². The molecular formula is C18H19FN2O2S. The van der Waals surface area contributed by atoms with Gasteiger partial charge >= 0.3 is 0 Å². The van der Waals surface area contributed by atoms with Crippen molar-refractivity contribution in [3.8, 4) is 0 Å². The van der Waals surface area contributed by atoms with Gasteiger partial charge in [0.2, 0.25) is 5.91 Å². The minimum Gasteiger partial charge on any atom is -0.351 e. The molecule has 0 heterocycles. The van der Waals surface area contributed by atoms with Gasteiger partial charge in [0.1, 0.15) is 5.82 Å². The van der Waals surface area contributed by atoms with E-state index < -0.39 is 11.7 Å². The van der Waals surface area contributed by atoms with Crippen LogP contribution in [0.4, 0.5) is 10.1 Å². The van der Waals surface area contributed by atoms with E-state index in [1.807, 2.05) is 37.3 Å². The monoisotopic (exact) mass is 346 g/mol. The van der Waals surface area contributed by atoms with Crippen LogP contribution < -0.4 is 10.6 Å². The number of carbonyl (C=O) groups excluding carboxylic acids is 2. The molecule has 0 saturated heterocycles. The van der Waals surface area contributed by atoms with E-state index in [0.717, 1.165) is 4.90 Å². The highest BCUT2D eigenvalue weighted by molar-refractivity contribution is 8.00. The fourth-order valence-electron chi connectivity index (χ4n) is 2.08. The summed E-state index contributed by atoms with van der Waals surface area (Å²) >= 11 is 1.63. The van der Waals surface area contributed by atoms with Crippen LogP contribution in [0.1, 0.15) is 24.2 Å². The fourth-order valence-corrected chi connectivity index (χ4v) is 3.03. The molecule has 2 N–H and O–H groups in total. The number of anilines is 1. The molecule has 1 atom stereocenters. The molecule has 0 spiro atoms. The number of hydrogen-bond acceptors (Lipinski definition) is 3. The normalized spacial score (nSPS) is 11.6. The molecule has 0 aromatic heterocycles. The van der Waals surface area contributed by atoms with Crippen molar-refractivity contribution in [3.05, 3.63) is 59.9 Å². The number of thioether (sulfide) groups is 1. The summed E-state index contributed by atoms with van der Waals surface area (Å²) in [6, 6.07) is 13.8. The maximum atomic E-state index is 13.9. The minimum absolute atomic E-state index is 0.0850. The second-order valence-electron chi connectivity index (χ2n) is 5.33. The lowest BCUT2D eigenvalue weighted by atomic mass is 10.1. The number of halogens is 1. The molecule has 0 aliphatic heterocycles. The largest absolute Gasteiger partial charge is 0.351 e. The lowest BCUT2D eigenvalue weighted by Crippen LogP contribution is -2.30. The quantitative estimate of drug-likeness (QED) is 0.784. The summed E-state index contributed by atoms with van der Waals surface area (Å²) in [4.78, 5) is 24.4. The van der Waals surface area contributed by atoms with E-state index in [4.69, 9.17) is 0 Å². The first kappa shape index (κ1) is 18.0. The lowest BCUT2D eigenvalue weighted by molar-refractivity contribution is -0.114. The van der Waals surface area contributed by atoms with E-state index in [2.05, 4.69) is 10.6 Å². The summed E-state index contributed by atoms with van der Waals surface area (Å²) in [5.41, 5.74) is 0.305. The maximum absolute atomic E-state index is 13.9. The van der Waals surface area contributed by atoms with E-state index in [9.17, 15) is 14.0 Å². The number of carbonyl (C=O) groups is 2. The Morgan fingerprint density at radius 3 is 2.54 bits per heavy atom. The van der Waals surface area contributed by atoms with Crippen LogP contribution in [0, 0.1) is 5.82 Å². The van der Waals surface area contributed by atoms with E-state index in [1.165, 1.54) is 25.1 Å². The third-order valence-electron chi connectivity index (χ3n) is 3.16. The van der Waals surface area contributed by atoms with Crippen LogP contribution >= 0.6 is 11.8 Å². The van der Waals surface area contributed by atoms with Crippen molar-refractivity contribution in [1.29, 1.82) is 0 Å². The molecule has 2 amide bonds. The van der Waals surface area contributed by atoms with Gasteiger partial charge in [-0.1, -0.05) is 25.1 Å². The van der Waals surface area contributed by atoms with Crippen molar-refractivity contribution in [2.75, 3.05) is 11.9 Å². The molecule has 24 heavy (non-hydrogen) atoms. The predicted octanol–water partition coefficient (Wildman–Crippen LogP) is 3.69. The van der Waals surface area contributed by atoms with Gasteiger partial charge in [0.15, 0.2) is 0 Å². The van der Waals surface area contributed by atoms with E-state index in [-0.39, 0.29) is 16.7 Å². The van der Waals surface area contributed by atoms with Gasteiger partial charge in [0, 0.05) is 29.3 Å². The molecule has 4 nitrogen and oxygen atoms in total. The highest BCUT2D eigenvalue weighted by Gasteiger charge is 2.14. The molecule has 0 unspecified atom stereocenters. The van der Waals surface area contributed by atoms with Gasteiger partial charge in [0.05, 0.1) is 5.56 Å². The molecule has 2 aromatic rings. The Morgan fingerprint density at radius 2 is 1.88 bits per heavy atom. The van der Waals surface area contributed by atoms with Gasteiger partial charge in [-0.15, -0.1) is 11.8 Å². The van der Waals surface area contributed by atoms with Crippen molar-refractivity contribution in [1.82, 2.24) is 5.32 Å². The predicted molar refractivity (Wildman–Crippen MR) is 94.8 cm³/mol. The molecule has 2 aromatic carbocycles. The number of nitrogens with one attached hydrogen (secondary N) is 2. The Bertz CT molecular complexity index is 722. The summed E-state index contributed by atoms with van der Waals surface area (Å²) in [5.74, 6) is -1.40. The van der Waals surface area contributed by atoms with Crippen LogP contribution in [0.2, 0.25) is 0 Å². The van der Waals surface area contributed by atoms with Crippen molar-refractivity contribution in [2.24, 2.45) is 0 Å². The minimum atomic E-state index is -0.620. The second-order valence-corrected chi connectivity index (χ2v) is 6.84. The zero-order chi connectivity index (χ0) is 17.5. The van der Waals surface area contributed by atoms with E-state index in [0.29, 0.717) is 12.2 Å². The molecular weight excluding hydrogens is 327 g/mol. The fraction of sp³-hybridized carbons (Fsp3) is 0.222. The summed E-state index contributed by atoms with van der Waals surface area (Å²) in [5, 5.41) is 5.40. The Labute approximate surface area is 144 Å². The Balaban J connectivity index is 1.95. The van der Waals surface area contributed by atoms with Gasteiger partial charge in [0.25, 0.3) is 5.91 Å². The summed E-state index contributed by atoms with van der Waals surface area (Å²) in [6.45, 7) is 3.75. The highest BCUT2D eigenvalue weighted by Crippen LogP contribution is 2.22.